The Kier molecular flexibility index (Phi) is 6.30. The van der Waals surface area contributed by atoms with Gasteiger partial charge in [-0.2, -0.15) is 4.02 Å². The molecular formula is C7H14BrN3O2. The third-order valence-corrected chi connectivity index (χ3v) is 1.98. The molecule has 76 valence electrons. The van der Waals surface area contributed by atoms with Gasteiger partial charge < -0.3 is 15.7 Å². The number of carbonyl (C=O) groups is 1. The minimum atomic E-state index is -0.759. The molecule has 0 amide bonds. The lowest BCUT2D eigenvalue weighted by molar-refractivity contribution is -0.137. The van der Waals surface area contributed by atoms with Crippen LogP contribution in [0.2, 0.25) is 0 Å². The molecule has 0 aromatic rings. The van der Waals surface area contributed by atoms with Crippen molar-refractivity contribution in [2.24, 2.45) is 9.75 Å². The van der Waals surface area contributed by atoms with Crippen molar-refractivity contribution in [2.45, 2.75) is 19.3 Å². The molecule has 5 nitrogen and oxygen atoms in total. The summed E-state index contributed by atoms with van der Waals surface area (Å²) in [7, 11) is 1.81. The number of carboxylic acid groups (broad SMARTS) is 1. The van der Waals surface area contributed by atoms with E-state index in [1.54, 1.807) is 11.9 Å². The van der Waals surface area contributed by atoms with E-state index in [1.807, 2.05) is 0 Å². The Balaban J connectivity index is 3.48. The molecule has 0 aliphatic carbocycles. The van der Waals surface area contributed by atoms with Crippen molar-refractivity contribution < 1.29 is 9.90 Å². The second-order valence-electron chi connectivity index (χ2n) is 2.72. The molecular weight excluding hydrogens is 238 g/mol. The first-order chi connectivity index (χ1) is 6.07. The Hall–Kier alpha value is -0.780. The van der Waals surface area contributed by atoms with Crippen molar-refractivity contribution in [3.8, 4) is 0 Å². The van der Waals surface area contributed by atoms with Crippen LogP contribution in [0.5, 0.6) is 0 Å². The van der Waals surface area contributed by atoms with E-state index in [2.05, 4.69) is 20.2 Å². The maximum absolute atomic E-state index is 10.2. The van der Waals surface area contributed by atoms with Crippen molar-refractivity contribution in [3.63, 3.8) is 0 Å². The van der Waals surface area contributed by atoms with Crippen LogP contribution in [0, 0.1) is 0 Å². The Morgan fingerprint density at radius 2 is 2.23 bits per heavy atom. The zero-order valence-electron chi connectivity index (χ0n) is 7.53. The van der Waals surface area contributed by atoms with Crippen LogP contribution in [-0.4, -0.2) is 35.5 Å². The van der Waals surface area contributed by atoms with Gasteiger partial charge in [0.25, 0.3) is 0 Å². The van der Waals surface area contributed by atoms with Crippen molar-refractivity contribution in [1.82, 2.24) is 4.90 Å². The van der Waals surface area contributed by atoms with Crippen LogP contribution in [0.3, 0.4) is 0 Å². The lowest BCUT2D eigenvalue weighted by atomic mass is 10.2. The first-order valence-corrected chi connectivity index (χ1v) is 4.66. The standard InChI is InChI=1S/C7H14BrN3O2/c1-11(7(9)10-8)5-3-2-4-6(12)13/h2-5H2,1H3,(H2,9,10)(H,12,13). The SMILES string of the molecule is CN(CCCCC(=O)O)C(N)=NBr. The maximum atomic E-state index is 10.2. The molecule has 0 atom stereocenters. The molecule has 0 spiro atoms. The summed E-state index contributed by atoms with van der Waals surface area (Å²) in [6.07, 6.45) is 1.67. The Morgan fingerprint density at radius 3 is 2.69 bits per heavy atom. The van der Waals surface area contributed by atoms with E-state index >= 15 is 0 Å². The van der Waals surface area contributed by atoms with Gasteiger partial charge in [0.1, 0.15) is 0 Å². The fraction of sp³-hybridized carbons (Fsp3) is 0.714. The number of aliphatic carboxylic acids is 1. The summed E-state index contributed by atoms with van der Waals surface area (Å²) in [4.78, 5) is 11.9. The van der Waals surface area contributed by atoms with Gasteiger partial charge in [0.15, 0.2) is 0 Å². The van der Waals surface area contributed by atoms with Gasteiger partial charge in [0.2, 0.25) is 5.96 Å². The maximum Gasteiger partial charge on any atom is 0.303 e. The minimum absolute atomic E-state index is 0.208. The highest BCUT2D eigenvalue weighted by Crippen LogP contribution is 1.97. The normalized spacial score (nSPS) is 11.4. The molecule has 13 heavy (non-hydrogen) atoms. The number of nitrogens with zero attached hydrogens (tertiary/aromatic N) is 2. The molecule has 0 aliphatic rings. The highest BCUT2D eigenvalue weighted by Gasteiger charge is 2.01. The summed E-state index contributed by atoms with van der Waals surface area (Å²) < 4.78 is 3.62. The molecule has 6 heteroatoms. The molecule has 0 aliphatic heterocycles. The van der Waals surface area contributed by atoms with Crippen molar-refractivity contribution in [2.75, 3.05) is 13.6 Å². The van der Waals surface area contributed by atoms with E-state index in [9.17, 15) is 4.79 Å². The first kappa shape index (κ1) is 12.2. The summed E-state index contributed by atoms with van der Waals surface area (Å²) >= 11 is 2.87. The molecule has 0 saturated heterocycles. The molecule has 0 fully saturated rings. The van der Waals surface area contributed by atoms with Gasteiger partial charge in [-0.15, -0.1) is 0 Å². The van der Waals surface area contributed by atoms with Crippen LogP contribution in [0.15, 0.2) is 4.02 Å². The average molecular weight is 252 g/mol. The molecule has 0 rings (SSSR count). The third-order valence-electron chi connectivity index (χ3n) is 1.61. The predicted molar refractivity (Wildman–Crippen MR) is 54.7 cm³/mol. The summed E-state index contributed by atoms with van der Waals surface area (Å²) in [5.74, 6) is -0.361. The first-order valence-electron chi connectivity index (χ1n) is 3.95. The summed E-state index contributed by atoms with van der Waals surface area (Å²) in [5, 5.41) is 8.36. The summed E-state index contributed by atoms with van der Waals surface area (Å²) in [6.45, 7) is 0.716. The van der Waals surface area contributed by atoms with Crippen molar-refractivity contribution in [3.05, 3.63) is 0 Å². The van der Waals surface area contributed by atoms with Gasteiger partial charge >= 0.3 is 5.97 Å². The van der Waals surface area contributed by atoms with Gasteiger partial charge in [-0.25, -0.2) is 0 Å². The van der Waals surface area contributed by atoms with E-state index in [4.69, 9.17) is 10.8 Å². The van der Waals surface area contributed by atoms with Crippen LogP contribution in [0.1, 0.15) is 19.3 Å². The largest absolute Gasteiger partial charge is 0.481 e. The highest BCUT2D eigenvalue weighted by molar-refractivity contribution is 9.08. The van der Waals surface area contributed by atoms with Crippen LogP contribution < -0.4 is 5.73 Å². The van der Waals surface area contributed by atoms with Gasteiger partial charge in [0.05, 0.1) is 16.1 Å². The van der Waals surface area contributed by atoms with Gasteiger partial charge in [-0.05, 0) is 12.8 Å². The zero-order chi connectivity index (χ0) is 10.3. The second kappa shape index (κ2) is 6.71. The van der Waals surface area contributed by atoms with Crippen LogP contribution in [0.4, 0.5) is 0 Å². The number of carboxylic acids is 1. The molecule has 0 aromatic heterocycles. The van der Waals surface area contributed by atoms with Crippen LogP contribution >= 0.6 is 16.1 Å². The fourth-order valence-corrected chi connectivity index (χ4v) is 1.08. The van der Waals surface area contributed by atoms with E-state index < -0.39 is 5.97 Å². The third kappa shape index (κ3) is 6.39. The molecule has 3 N–H and O–H groups in total. The lowest BCUT2D eigenvalue weighted by Crippen LogP contribution is -2.34. The number of hydrogen-bond acceptors (Lipinski definition) is 2. The zero-order valence-corrected chi connectivity index (χ0v) is 9.12. The summed E-state index contributed by atoms with van der Waals surface area (Å²) in [6, 6.07) is 0. The molecule has 0 aromatic carbocycles. The Labute approximate surface area is 86.0 Å². The van der Waals surface area contributed by atoms with Crippen LogP contribution in [0.25, 0.3) is 0 Å². The summed E-state index contributed by atoms with van der Waals surface area (Å²) in [5.41, 5.74) is 5.47. The molecule has 0 unspecified atom stereocenters. The monoisotopic (exact) mass is 251 g/mol. The van der Waals surface area contributed by atoms with Crippen LogP contribution in [-0.2, 0) is 4.79 Å². The predicted octanol–water partition coefficient (Wildman–Crippen LogP) is 0.798. The number of rotatable bonds is 5. The number of nitrogens with two attached hydrogens (primary N) is 1. The molecule has 0 radical (unpaired) electrons. The minimum Gasteiger partial charge on any atom is -0.481 e. The van der Waals surface area contributed by atoms with E-state index in [1.165, 1.54) is 0 Å². The second-order valence-corrected chi connectivity index (χ2v) is 3.07. The quantitative estimate of drug-likeness (QED) is 0.431. The average Bonchev–Trinajstić information content (AvgIpc) is 2.10. The van der Waals surface area contributed by atoms with Gasteiger partial charge in [0, 0.05) is 20.0 Å². The smallest absolute Gasteiger partial charge is 0.303 e. The van der Waals surface area contributed by atoms with Gasteiger partial charge in [-0.1, -0.05) is 0 Å². The highest BCUT2D eigenvalue weighted by atomic mass is 79.9. The number of halogens is 1. The Bertz CT molecular complexity index is 196. The molecule has 0 saturated carbocycles. The van der Waals surface area contributed by atoms with E-state index in [0.717, 1.165) is 6.42 Å². The van der Waals surface area contributed by atoms with Crippen molar-refractivity contribution >= 4 is 28.1 Å². The molecule has 0 bridgehead atoms. The van der Waals surface area contributed by atoms with E-state index in [-0.39, 0.29) is 6.42 Å². The van der Waals surface area contributed by atoms with Gasteiger partial charge in [-0.3, -0.25) is 4.79 Å². The molecule has 0 heterocycles. The van der Waals surface area contributed by atoms with Crippen molar-refractivity contribution in [1.29, 1.82) is 0 Å². The van der Waals surface area contributed by atoms with E-state index in [0.29, 0.717) is 18.9 Å². The number of guanidine groups is 1. The lowest BCUT2D eigenvalue weighted by Gasteiger charge is -2.16. The number of hydrogen-bond donors (Lipinski definition) is 2. The Morgan fingerprint density at radius 1 is 1.62 bits per heavy atom. The number of unbranched alkanes of at least 4 members (excludes halogenated alkanes) is 1. The topological polar surface area (TPSA) is 78.9 Å². The fourth-order valence-electron chi connectivity index (χ4n) is 0.804.